The minimum absolute atomic E-state index is 0.492. The number of hydrogen-bond acceptors (Lipinski definition) is 2. The Labute approximate surface area is 61.6 Å². The maximum atomic E-state index is 8.33. The number of rotatable bonds is 3. The average molecular weight is 136 g/mol. The van der Waals surface area contributed by atoms with Gasteiger partial charge in [-0.1, -0.05) is 12.2 Å². The highest BCUT2D eigenvalue weighted by atomic mass is 14.5. The number of nitriles is 1. The van der Waals surface area contributed by atoms with Crippen molar-refractivity contribution in [2.75, 3.05) is 6.54 Å². The van der Waals surface area contributed by atoms with E-state index in [1.165, 1.54) is 0 Å². The van der Waals surface area contributed by atoms with Crippen molar-refractivity contribution in [2.45, 2.75) is 13.3 Å². The van der Waals surface area contributed by atoms with Gasteiger partial charge in [-0.05, 0) is 26.0 Å². The van der Waals surface area contributed by atoms with Gasteiger partial charge < -0.3 is 5.73 Å². The lowest BCUT2D eigenvalue weighted by Gasteiger charge is -1.94. The lowest BCUT2D eigenvalue weighted by Crippen LogP contribution is -1.98. The van der Waals surface area contributed by atoms with Crippen molar-refractivity contribution in [1.82, 2.24) is 0 Å². The molecule has 0 unspecified atom stereocenters. The molecule has 0 aromatic carbocycles. The number of hydrogen-bond donors (Lipinski definition) is 1. The highest BCUT2D eigenvalue weighted by molar-refractivity contribution is 5.31. The summed E-state index contributed by atoms with van der Waals surface area (Å²) in [5.74, 6) is 0. The van der Waals surface area contributed by atoms with E-state index in [4.69, 9.17) is 11.0 Å². The van der Waals surface area contributed by atoms with Crippen LogP contribution >= 0.6 is 0 Å². The zero-order chi connectivity index (χ0) is 7.98. The van der Waals surface area contributed by atoms with Gasteiger partial charge in [0.25, 0.3) is 0 Å². The summed E-state index contributed by atoms with van der Waals surface area (Å²) < 4.78 is 0. The molecule has 2 N–H and O–H groups in total. The van der Waals surface area contributed by atoms with Gasteiger partial charge in [0.05, 0.1) is 6.07 Å². The molecule has 0 bridgehead atoms. The van der Waals surface area contributed by atoms with Crippen LogP contribution in [0.5, 0.6) is 0 Å². The van der Waals surface area contributed by atoms with Crippen LogP contribution in [-0.4, -0.2) is 6.54 Å². The minimum Gasteiger partial charge on any atom is -0.330 e. The third-order valence-corrected chi connectivity index (χ3v) is 1.10. The van der Waals surface area contributed by atoms with Gasteiger partial charge in [0.15, 0.2) is 0 Å². The molecule has 0 saturated carbocycles. The van der Waals surface area contributed by atoms with Gasteiger partial charge in [0, 0.05) is 5.57 Å². The zero-order valence-corrected chi connectivity index (χ0v) is 6.22. The second-order valence-corrected chi connectivity index (χ2v) is 2.17. The van der Waals surface area contributed by atoms with Crippen LogP contribution in [0.1, 0.15) is 13.3 Å². The quantitative estimate of drug-likeness (QED) is 0.470. The molecule has 0 radical (unpaired) electrons. The van der Waals surface area contributed by atoms with Gasteiger partial charge in [0.2, 0.25) is 0 Å². The Balaban J connectivity index is 3.93. The molecule has 0 saturated heterocycles. The van der Waals surface area contributed by atoms with Crippen molar-refractivity contribution in [1.29, 1.82) is 5.26 Å². The first kappa shape index (κ1) is 8.93. The van der Waals surface area contributed by atoms with E-state index in [-0.39, 0.29) is 0 Å². The third kappa shape index (κ3) is 3.88. The molecule has 0 fully saturated rings. The molecule has 0 heterocycles. The van der Waals surface area contributed by atoms with Crippen molar-refractivity contribution >= 4 is 0 Å². The van der Waals surface area contributed by atoms with E-state index in [0.717, 1.165) is 12.0 Å². The van der Waals surface area contributed by atoms with Crippen LogP contribution in [0.4, 0.5) is 0 Å². The van der Waals surface area contributed by atoms with Gasteiger partial charge in [-0.2, -0.15) is 5.26 Å². The van der Waals surface area contributed by atoms with Crippen molar-refractivity contribution < 1.29 is 0 Å². The highest BCUT2D eigenvalue weighted by Gasteiger charge is 1.88. The Morgan fingerprint density at radius 2 is 2.40 bits per heavy atom. The Kier molecular flexibility index (Phi) is 4.26. The second-order valence-electron chi connectivity index (χ2n) is 2.17. The number of nitrogens with two attached hydrogens (primary N) is 1. The molecular formula is C8H12N2. The average Bonchev–Trinajstić information content (AvgIpc) is 1.88. The summed E-state index contributed by atoms with van der Waals surface area (Å²) in [6, 6.07) is 1.94. The number of allylic oxidation sites excluding steroid dienone is 2. The fraction of sp³-hybridized carbons (Fsp3) is 0.375. The molecule has 0 aliphatic rings. The van der Waals surface area contributed by atoms with Crippen LogP contribution in [0.3, 0.4) is 0 Å². The summed E-state index contributed by atoms with van der Waals surface area (Å²) in [6.07, 6.45) is 2.59. The molecule has 0 aliphatic heterocycles. The maximum Gasteiger partial charge on any atom is 0.0985 e. The van der Waals surface area contributed by atoms with Crippen molar-refractivity contribution in [3.05, 3.63) is 23.8 Å². The molecule has 0 spiro atoms. The highest BCUT2D eigenvalue weighted by Crippen LogP contribution is 2.01. The Morgan fingerprint density at radius 3 is 2.80 bits per heavy atom. The molecule has 0 aromatic heterocycles. The predicted octanol–water partition coefficient (Wildman–Crippen LogP) is 1.36. The van der Waals surface area contributed by atoms with Gasteiger partial charge in [-0.15, -0.1) is 0 Å². The van der Waals surface area contributed by atoms with E-state index >= 15 is 0 Å². The first-order valence-corrected chi connectivity index (χ1v) is 3.17. The first-order valence-electron chi connectivity index (χ1n) is 3.17. The normalized spacial score (nSPS) is 10.7. The molecule has 54 valence electrons. The summed E-state index contributed by atoms with van der Waals surface area (Å²) in [6.45, 7) is 6.08. The molecule has 0 rings (SSSR count). The fourth-order valence-electron chi connectivity index (χ4n) is 0.630. The maximum absolute atomic E-state index is 8.33. The van der Waals surface area contributed by atoms with Crippen LogP contribution in [-0.2, 0) is 0 Å². The lowest BCUT2D eigenvalue weighted by molar-refractivity contribution is 0.949. The molecule has 0 aliphatic carbocycles. The van der Waals surface area contributed by atoms with Gasteiger partial charge in [-0.3, -0.25) is 0 Å². The van der Waals surface area contributed by atoms with Crippen LogP contribution in [0.15, 0.2) is 23.8 Å². The molecular weight excluding hydrogens is 124 g/mol. The second kappa shape index (κ2) is 4.78. The minimum atomic E-state index is 0.492. The number of nitrogens with zero attached hydrogens (tertiary/aromatic N) is 1. The summed E-state index contributed by atoms with van der Waals surface area (Å²) in [5.41, 5.74) is 6.89. The van der Waals surface area contributed by atoms with Crippen LogP contribution < -0.4 is 5.73 Å². The van der Waals surface area contributed by atoms with E-state index < -0.39 is 0 Å². The molecule has 0 atom stereocenters. The van der Waals surface area contributed by atoms with E-state index in [1.807, 2.05) is 13.0 Å². The molecule has 0 amide bonds. The smallest absolute Gasteiger partial charge is 0.0985 e. The Bertz CT molecular complexity index is 184. The van der Waals surface area contributed by atoms with Gasteiger partial charge in [-0.25, -0.2) is 0 Å². The molecule has 0 aromatic rings. The largest absolute Gasteiger partial charge is 0.330 e. The first-order chi connectivity index (χ1) is 4.70. The van der Waals surface area contributed by atoms with E-state index in [2.05, 4.69) is 6.58 Å². The van der Waals surface area contributed by atoms with E-state index in [1.54, 1.807) is 6.08 Å². The van der Waals surface area contributed by atoms with Crippen molar-refractivity contribution in [2.24, 2.45) is 5.73 Å². The fourth-order valence-corrected chi connectivity index (χ4v) is 0.630. The van der Waals surface area contributed by atoms with E-state index in [9.17, 15) is 0 Å². The van der Waals surface area contributed by atoms with Crippen LogP contribution in [0, 0.1) is 11.3 Å². The van der Waals surface area contributed by atoms with Gasteiger partial charge >= 0.3 is 0 Å². The summed E-state index contributed by atoms with van der Waals surface area (Å²) in [5, 5.41) is 8.33. The Morgan fingerprint density at radius 1 is 1.80 bits per heavy atom. The van der Waals surface area contributed by atoms with Crippen LogP contribution in [0.25, 0.3) is 0 Å². The molecule has 2 heteroatoms. The summed E-state index contributed by atoms with van der Waals surface area (Å²) >= 11 is 0. The topological polar surface area (TPSA) is 49.8 Å². The van der Waals surface area contributed by atoms with Crippen molar-refractivity contribution in [3.63, 3.8) is 0 Å². The lowest BCUT2D eigenvalue weighted by atomic mass is 10.1. The van der Waals surface area contributed by atoms with Gasteiger partial charge in [0.1, 0.15) is 0 Å². The third-order valence-electron chi connectivity index (χ3n) is 1.10. The van der Waals surface area contributed by atoms with Crippen molar-refractivity contribution in [3.8, 4) is 6.07 Å². The predicted molar refractivity (Wildman–Crippen MR) is 42.2 cm³/mol. The SMILES string of the molecule is C=C(C#N)/C=C(/C)CCN. The summed E-state index contributed by atoms with van der Waals surface area (Å²) in [7, 11) is 0. The molecule has 10 heavy (non-hydrogen) atoms. The molecule has 2 nitrogen and oxygen atoms in total. The standard InChI is InChI=1S/C8H12N2/c1-7(3-4-9)5-8(2)6-10/h5H,2-4,9H2,1H3/b7-5-. The Hall–Kier alpha value is -1.07. The summed E-state index contributed by atoms with van der Waals surface area (Å²) in [4.78, 5) is 0. The van der Waals surface area contributed by atoms with Crippen LogP contribution in [0.2, 0.25) is 0 Å². The van der Waals surface area contributed by atoms with E-state index in [0.29, 0.717) is 12.1 Å². The monoisotopic (exact) mass is 136 g/mol. The zero-order valence-electron chi connectivity index (χ0n) is 6.22.